The fraction of sp³-hybridized carbons (Fsp3) is 0.379. The lowest BCUT2D eigenvalue weighted by Crippen LogP contribution is -2.45. The van der Waals surface area contributed by atoms with Gasteiger partial charge in [0.15, 0.2) is 0 Å². The van der Waals surface area contributed by atoms with Crippen LogP contribution in [0.3, 0.4) is 0 Å². The second-order valence-electron chi connectivity index (χ2n) is 10.5. The average molecular weight is 566 g/mol. The first-order valence-corrected chi connectivity index (χ1v) is 13.5. The predicted molar refractivity (Wildman–Crippen MR) is 143 cm³/mol. The summed E-state index contributed by atoms with van der Waals surface area (Å²) in [5, 5.41) is 9.43. The molecule has 3 aromatic heterocycles. The smallest absolute Gasteiger partial charge is 0.407 e. The highest BCUT2D eigenvalue weighted by atomic mass is 19.1. The van der Waals surface area contributed by atoms with Crippen molar-refractivity contribution < 1.29 is 33.0 Å². The Balaban J connectivity index is 1.37. The van der Waals surface area contributed by atoms with E-state index in [1.165, 1.54) is 23.2 Å². The van der Waals surface area contributed by atoms with Crippen molar-refractivity contribution in [2.24, 2.45) is 0 Å². The zero-order valence-electron chi connectivity index (χ0n) is 22.6. The topological polar surface area (TPSA) is 122 Å². The largest absolute Gasteiger partial charge is 0.465 e. The highest BCUT2D eigenvalue weighted by molar-refractivity contribution is 5.86. The van der Waals surface area contributed by atoms with Crippen LogP contribution in [0.2, 0.25) is 0 Å². The number of aromatic amines is 1. The van der Waals surface area contributed by atoms with Gasteiger partial charge >= 0.3 is 12.1 Å². The first-order chi connectivity index (χ1) is 19.7. The molecule has 2 N–H and O–H groups in total. The van der Waals surface area contributed by atoms with Gasteiger partial charge in [0.1, 0.15) is 28.5 Å². The molecule has 0 bridgehead atoms. The first-order valence-electron chi connectivity index (χ1n) is 13.5. The molecule has 1 amide bonds. The second-order valence-corrected chi connectivity index (χ2v) is 10.5. The number of hydrogen-bond acceptors (Lipinski definition) is 6. The number of pyridine rings is 1. The number of carbonyl (C=O) groups is 2. The number of rotatable bonds is 7. The van der Waals surface area contributed by atoms with Crippen molar-refractivity contribution in [2.75, 3.05) is 26.3 Å². The molecule has 0 spiro atoms. The molecule has 6 rings (SSSR count). The molecule has 1 saturated heterocycles. The third kappa shape index (κ3) is 4.82. The molecule has 1 aromatic carbocycles. The number of imidazole rings is 2. The highest BCUT2D eigenvalue weighted by Gasteiger charge is 2.54. The van der Waals surface area contributed by atoms with E-state index in [9.17, 15) is 14.7 Å². The third-order valence-corrected chi connectivity index (χ3v) is 7.77. The lowest BCUT2D eigenvalue weighted by Gasteiger charge is -2.31. The van der Waals surface area contributed by atoms with Crippen LogP contribution in [0.4, 0.5) is 13.6 Å². The van der Waals surface area contributed by atoms with E-state index in [2.05, 4.69) is 15.0 Å². The van der Waals surface area contributed by atoms with Crippen molar-refractivity contribution in [1.82, 2.24) is 24.3 Å². The van der Waals surface area contributed by atoms with Crippen LogP contribution in [-0.2, 0) is 26.1 Å². The SMILES string of the molecule is CCOC(=O)C1(c2cnc(-c3cc(F)c(-c4nc5cc(C)ccn5c4CC4CN(C(=O)O)CCO4)c(F)c3)[nH]2)CC1. The Kier molecular flexibility index (Phi) is 6.72. The van der Waals surface area contributed by atoms with Crippen molar-refractivity contribution in [3.8, 4) is 22.6 Å². The van der Waals surface area contributed by atoms with Crippen LogP contribution in [0.25, 0.3) is 28.3 Å². The summed E-state index contributed by atoms with van der Waals surface area (Å²) in [4.78, 5) is 37.2. The number of ether oxygens (including phenoxy) is 2. The summed E-state index contributed by atoms with van der Waals surface area (Å²) in [6.07, 6.45) is 3.15. The highest BCUT2D eigenvalue weighted by Crippen LogP contribution is 2.49. The van der Waals surface area contributed by atoms with Crippen LogP contribution >= 0.6 is 0 Å². The molecule has 10 nitrogen and oxygen atoms in total. The van der Waals surface area contributed by atoms with E-state index in [1.54, 1.807) is 17.5 Å². The number of nitrogens with zero attached hydrogens (tertiary/aromatic N) is 4. The Hall–Kier alpha value is -4.32. The quantitative estimate of drug-likeness (QED) is 0.317. The lowest BCUT2D eigenvalue weighted by molar-refractivity contribution is -0.146. The summed E-state index contributed by atoms with van der Waals surface area (Å²) < 4.78 is 44.3. The number of amides is 1. The molecule has 41 heavy (non-hydrogen) atoms. The molecular weight excluding hydrogens is 536 g/mol. The van der Waals surface area contributed by atoms with Crippen molar-refractivity contribution in [1.29, 1.82) is 0 Å². The standard InChI is InChI=1S/C29H29F2N5O5/c1-3-40-27(37)29(5-6-29)22-14-32-26(33-22)17-11-19(30)24(20(31)12-17)25-21(36-7-4-16(2)10-23(36)34-25)13-18-15-35(28(38)39)8-9-41-18/h4,7,10-12,14,18H,3,5-6,8-9,13,15H2,1-2H3,(H,32,33)(H,38,39). The summed E-state index contributed by atoms with van der Waals surface area (Å²) in [6.45, 7) is 4.50. The maximum absolute atomic E-state index is 15.8. The van der Waals surface area contributed by atoms with Crippen molar-refractivity contribution >= 4 is 17.7 Å². The molecular formula is C29H29F2N5O5. The van der Waals surface area contributed by atoms with Gasteiger partial charge < -0.3 is 28.9 Å². The van der Waals surface area contributed by atoms with Crippen LogP contribution in [-0.4, -0.2) is 73.8 Å². The molecule has 12 heteroatoms. The number of H-pyrrole nitrogens is 1. The average Bonchev–Trinajstić information content (AvgIpc) is 3.47. The maximum Gasteiger partial charge on any atom is 0.407 e. The van der Waals surface area contributed by atoms with Crippen LogP contribution in [0, 0.1) is 18.6 Å². The van der Waals surface area contributed by atoms with Crippen LogP contribution in [0.15, 0.2) is 36.7 Å². The minimum atomic E-state index is -1.05. The summed E-state index contributed by atoms with van der Waals surface area (Å²) in [5.41, 5.74) is 1.70. The number of halogens is 2. The fourth-order valence-corrected chi connectivity index (χ4v) is 5.45. The second kappa shape index (κ2) is 10.3. The number of fused-ring (bicyclic) bond motifs is 1. The molecule has 2 aliphatic rings. The maximum atomic E-state index is 15.8. The van der Waals surface area contributed by atoms with Gasteiger partial charge in [-0.15, -0.1) is 0 Å². The summed E-state index contributed by atoms with van der Waals surface area (Å²) in [5.74, 6) is -1.77. The molecule has 4 aromatic rings. The molecule has 1 saturated carbocycles. The van der Waals surface area contributed by atoms with Gasteiger partial charge in [-0.25, -0.2) is 23.5 Å². The number of aryl methyl sites for hydroxylation is 1. The summed E-state index contributed by atoms with van der Waals surface area (Å²) >= 11 is 0. The van der Waals surface area contributed by atoms with Gasteiger partial charge in [-0.3, -0.25) is 4.79 Å². The monoisotopic (exact) mass is 565 g/mol. The van der Waals surface area contributed by atoms with E-state index in [-0.39, 0.29) is 61.3 Å². The van der Waals surface area contributed by atoms with Gasteiger partial charge in [0.25, 0.3) is 0 Å². The Bertz CT molecular complexity index is 1640. The number of hydrogen-bond donors (Lipinski definition) is 2. The van der Waals surface area contributed by atoms with E-state index in [0.29, 0.717) is 29.9 Å². The van der Waals surface area contributed by atoms with Gasteiger partial charge in [0, 0.05) is 30.9 Å². The summed E-state index contributed by atoms with van der Waals surface area (Å²) in [6, 6.07) is 6.05. The zero-order chi connectivity index (χ0) is 28.9. The van der Waals surface area contributed by atoms with Crippen LogP contribution in [0.5, 0.6) is 0 Å². The fourth-order valence-electron chi connectivity index (χ4n) is 5.45. The Labute approximate surface area is 233 Å². The number of morpholine rings is 1. The Morgan fingerprint density at radius 3 is 2.68 bits per heavy atom. The molecule has 2 fully saturated rings. The Morgan fingerprint density at radius 2 is 2.00 bits per heavy atom. The van der Waals surface area contributed by atoms with Crippen molar-refractivity contribution in [3.63, 3.8) is 0 Å². The minimum Gasteiger partial charge on any atom is -0.465 e. The number of carboxylic acid groups (broad SMARTS) is 1. The molecule has 4 heterocycles. The molecule has 1 atom stereocenters. The number of carbonyl (C=O) groups excluding carboxylic acids is 1. The van der Waals surface area contributed by atoms with E-state index in [0.717, 1.165) is 5.56 Å². The van der Waals surface area contributed by atoms with Gasteiger partial charge in [-0.05, 0) is 56.5 Å². The molecule has 214 valence electrons. The van der Waals surface area contributed by atoms with Gasteiger partial charge in [0.2, 0.25) is 0 Å². The number of nitrogens with one attached hydrogen (secondary N) is 1. The van der Waals surface area contributed by atoms with Crippen molar-refractivity contribution in [3.05, 3.63) is 65.2 Å². The third-order valence-electron chi connectivity index (χ3n) is 7.77. The number of aromatic nitrogens is 4. The van der Waals surface area contributed by atoms with Gasteiger partial charge in [-0.2, -0.15) is 0 Å². The van der Waals surface area contributed by atoms with Gasteiger partial charge in [-0.1, -0.05) is 0 Å². The van der Waals surface area contributed by atoms with Gasteiger partial charge in [0.05, 0.1) is 48.5 Å². The number of benzene rings is 1. The lowest BCUT2D eigenvalue weighted by atomic mass is 10.0. The summed E-state index contributed by atoms with van der Waals surface area (Å²) in [7, 11) is 0. The van der Waals surface area contributed by atoms with Crippen LogP contribution < -0.4 is 0 Å². The molecule has 1 unspecified atom stereocenters. The number of esters is 1. The molecule has 0 radical (unpaired) electrons. The molecule has 1 aliphatic carbocycles. The predicted octanol–water partition coefficient (Wildman–Crippen LogP) is 4.49. The normalized spacial score (nSPS) is 18.0. The van der Waals surface area contributed by atoms with Crippen molar-refractivity contribution in [2.45, 2.75) is 44.6 Å². The first kappa shape index (κ1) is 26.9. The van der Waals surface area contributed by atoms with Crippen LogP contribution in [0.1, 0.15) is 36.7 Å². The minimum absolute atomic E-state index is 0.118. The van der Waals surface area contributed by atoms with E-state index in [4.69, 9.17) is 9.47 Å². The zero-order valence-corrected chi connectivity index (χ0v) is 22.6. The van der Waals surface area contributed by atoms with E-state index in [1.807, 2.05) is 19.1 Å². The van der Waals surface area contributed by atoms with E-state index >= 15 is 8.78 Å². The Morgan fingerprint density at radius 1 is 1.24 bits per heavy atom. The molecule has 1 aliphatic heterocycles. The van der Waals surface area contributed by atoms with E-state index < -0.39 is 29.2 Å².